The van der Waals surface area contributed by atoms with Crippen molar-refractivity contribution in [1.29, 1.82) is 0 Å². The van der Waals surface area contributed by atoms with E-state index in [-0.39, 0.29) is 12.7 Å². The molecule has 114 valence electrons. The standard InChI is InChI=1S/C16H14ClNO4/c1-10(22-11-5-3-2-4-6-11)16(19)18-13-8-15-14(7-12(13)17)20-9-21-15/h2-8,10H,9H2,1H3,(H,18,19). The lowest BCUT2D eigenvalue weighted by atomic mass is 10.2. The van der Waals surface area contributed by atoms with E-state index in [1.165, 1.54) is 0 Å². The zero-order valence-corrected chi connectivity index (χ0v) is 12.6. The fourth-order valence-corrected chi connectivity index (χ4v) is 2.20. The summed E-state index contributed by atoms with van der Waals surface area (Å²) >= 11 is 6.13. The summed E-state index contributed by atoms with van der Waals surface area (Å²) in [7, 11) is 0. The fourth-order valence-electron chi connectivity index (χ4n) is 2.00. The van der Waals surface area contributed by atoms with Crippen LogP contribution >= 0.6 is 11.6 Å². The number of nitrogens with one attached hydrogen (secondary N) is 1. The van der Waals surface area contributed by atoms with Crippen molar-refractivity contribution in [3.05, 3.63) is 47.5 Å². The van der Waals surface area contributed by atoms with Crippen molar-refractivity contribution in [2.24, 2.45) is 0 Å². The van der Waals surface area contributed by atoms with Crippen molar-refractivity contribution in [2.75, 3.05) is 12.1 Å². The van der Waals surface area contributed by atoms with Gasteiger partial charge in [0.2, 0.25) is 6.79 Å². The summed E-state index contributed by atoms with van der Waals surface area (Å²) in [5.41, 5.74) is 0.458. The number of anilines is 1. The Kier molecular flexibility index (Phi) is 4.06. The van der Waals surface area contributed by atoms with E-state index < -0.39 is 6.10 Å². The van der Waals surface area contributed by atoms with Crippen LogP contribution in [0.4, 0.5) is 5.69 Å². The second kappa shape index (κ2) is 6.15. The van der Waals surface area contributed by atoms with E-state index in [9.17, 15) is 4.79 Å². The molecule has 5 nitrogen and oxygen atoms in total. The Hall–Kier alpha value is -2.40. The molecule has 1 atom stereocenters. The zero-order chi connectivity index (χ0) is 15.5. The number of rotatable bonds is 4. The largest absolute Gasteiger partial charge is 0.481 e. The number of hydrogen-bond donors (Lipinski definition) is 1. The number of carbonyl (C=O) groups is 1. The summed E-state index contributed by atoms with van der Waals surface area (Å²) in [4.78, 5) is 12.2. The van der Waals surface area contributed by atoms with Crippen molar-refractivity contribution < 1.29 is 19.0 Å². The third-order valence-corrected chi connectivity index (χ3v) is 3.46. The summed E-state index contributed by atoms with van der Waals surface area (Å²) in [5.74, 6) is 1.44. The Labute approximate surface area is 132 Å². The Morgan fingerprint density at radius 3 is 2.64 bits per heavy atom. The minimum atomic E-state index is -0.663. The van der Waals surface area contributed by atoms with Gasteiger partial charge in [0.15, 0.2) is 17.6 Å². The fraction of sp³-hybridized carbons (Fsp3) is 0.188. The molecule has 0 fully saturated rings. The molecule has 0 bridgehead atoms. The van der Waals surface area contributed by atoms with E-state index in [1.54, 1.807) is 31.2 Å². The Morgan fingerprint density at radius 1 is 1.23 bits per heavy atom. The molecule has 0 saturated heterocycles. The number of benzene rings is 2. The molecule has 6 heteroatoms. The van der Waals surface area contributed by atoms with E-state index in [4.69, 9.17) is 25.8 Å². The third-order valence-electron chi connectivity index (χ3n) is 3.15. The first-order valence-corrected chi connectivity index (χ1v) is 7.13. The molecule has 1 unspecified atom stereocenters. The first-order chi connectivity index (χ1) is 10.6. The van der Waals surface area contributed by atoms with Crippen molar-refractivity contribution in [1.82, 2.24) is 0 Å². The molecule has 1 N–H and O–H groups in total. The zero-order valence-electron chi connectivity index (χ0n) is 11.8. The molecule has 0 spiro atoms. The highest BCUT2D eigenvalue weighted by molar-refractivity contribution is 6.34. The molecule has 1 amide bonds. The molecule has 1 aliphatic rings. The van der Waals surface area contributed by atoms with Crippen LogP contribution in [0.5, 0.6) is 17.2 Å². The smallest absolute Gasteiger partial charge is 0.265 e. The van der Waals surface area contributed by atoms with Crippen LogP contribution in [0.1, 0.15) is 6.92 Å². The maximum absolute atomic E-state index is 12.2. The Balaban J connectivity index is 1.69. The van der Waals surface area contributed by atoms with Gasteiger partial charge in [-0.2, -0.15) is 0 Å². The average molecular weight is 320 g/mol. The van der Waals surface area contributed by atoms with Crippen molar-refractivity contribution in [3.8, 4) is 17.2 Å². The molecule has 1 heterocycles. The van der Waals surface area contributed by atoms with Crippen LogP contribution in [0.3, 0.4) is 0 Å². The summed E-state index contributed by atoms with van der Waals surface area (Å²) in [5, 5.41) is 3.11. The van der Waals surface area contributed by atoms with E-state index >= 15 is 0 Å². The maximum Gasteiger partial charge on any atom is 0.265 e. The van der Waals surface area contributed by atoms with Crippen LogP contribution in [0.15, 0.2) is 42.5 Å². The van der Waals surface area contributed by atoms with Gasteiger partial charge in [0, 0.05) is 12.1 Å². The molecular weight excluding hydrogens is 306 g/mol. The molecule has 0 aromatic heterocycles. The predicted molar refractivity (Wildman–Crippen MR) is 82.7 cm³/mol. The van der Waals surface area contributed by atoms with E-state index in [2.05, 4.69) is 5.32 Å². The van der Waals surface area contributed by atoms with Gasteiger partial charge in [-0.15, -0.1) is 0 Å². The van der Waals surface area contributed by atoms with Gasteiger partial charge < -0.3 is 19.5 Å². The van der Waals surface area contributed by atoms with Crippen molar-refractivity contribution >= 4 is 23.2 Å². The van der Waals surface area contributed by atoms with Gasteiger partial charge in [0.25, 0.3) is 5.91 Å². The van der Waals surface area contributed by atoms with Crippen LogP contribution in [-0.4, -0.2) is 18.8 Å². The van der Waals surface area contributed by atoms with Gasteiger partial charge in [-0.25, -0.2) is 0 Å². The monoisotopic (exact) mass is 319 g/mol. The van der Waals surface area contributed by atoms with E-state index in [0.717, 1.165) is 0 Å². The van der Waals surface area contributed by atoms with Crippen LogP contribution in [0, 0.1) is 0 Å². The summed E-state index contributed by atoms with van der Waals surface area (Å²) < 4.78 is 16.1. The molecule has 3 rings (SSSR count). The number of halogens is 1. The second-order valence-corrected chi connectivity index (χ2v) is 5.15. The maximum atomic E-state index is 12.2. The highest BCUT2D eigenvalue weighted by Gasteiger charge is 2.20. The highest BCUT2D eigenvalue weighted by Crippen LogP contribution is 2.39. The van der Waals surface area contributed by atoms with Gasteiger partial charge >= 0.3 is 0 Å². The van der Waals surface area contributed by atoms with Crippen molar-refractivity contribution in [3.63, 3.8) is 0 Å². The number of fused-ring (bicyclic) bond motifs is 1. The molecule has 0 saturated carbocycles. The number of carbonyl (C=O) groups excluding carboxylic acids is 1. The quantitative estimate of drug-likeness (QED) is 0.937. The van der Waals surface area contributed by atoms with Crippen LogP contribution in [0.2, 0.25) is 5.02 Å². The van der Waals surface area contributed by atoms with Gasteiger partial charge in [0.1, 0.15) is 5.75 Å². The van der Waals surface area contributed by atoms with Gasteiger partial charge in [0.05, 0.1) is 10.7 Å². The minimum Gasteiger partial charge on any atom is -0.481 e. The number of ether oxygens (including phenoxy) is 3. The summed E-state index contributed by atoms with van der Waals surface area (Å²) in [6.07, 6.45) is -0.663. The lowest BCUT2D eigenvalue weighted by Gasteiger charge is -2.15. The Morgan fingerprint density at radius 2 is 1.91 bits per heavy atom. The van der Waals surface area contributed by atoms with Crippen LogP contribution in [0.25, 0.3) is 0 Å². The lowest BCUT2D eigenvalue weighted by Crippen LogP contribution is -2.30. The van der Waals surface area contributed by atoms with Gasteiger partial charge in [-0.05, 0) is 19.1 Å². The molecule has 2 aromatic carbocycles. The topological polar surface area (TPSA) is 56.8 Å². The third kappa shape index (κ3) is 3.09. The molecule has 22 heavy (non-hydrogen) atoms. The summed E-state index contributed by atoms with van der Waals surface area (Å²) in [6, 6.07) is 12.4. The first kappa shape index (κ1) is 14.5. The lowest BCUT2D eigenvalue weighted by molar-refractivity contribution is -0.122. The van der Waals surface area contributed by atoms with Gasteiger partial charge in [-0.3, -0.25) is 4.79 Å². The number of amides is 1. The van der Waals surface area contributed by atoms with Gasteiger partial charge in [-0.1, -0.05) is 29.8 Å². The SMILES string of the molecule is CC(Oc1ccccc1)C(=O)Nc1cc2c(cc1Cl)OCO2. The van der Waals surface area contributed by atoms with E-state index in [1.807, 2.05) is 18.2 Å². The predicted octanol–water partition coefficient (Wildman–Crippen LogP) is 3.47. The van der Waals surface area contributed by atoms with Crippen LogP contribution in [-0.2, 0) is 4.79 Å². The van der Waals surface area contributed by atoms with Crippen LogP contribution < -0.4 is 19.5 Å². The average Bonchev–Trinajstić information content (AvgIpc) is 2.95. The normalized spacial score (nSPS) is 13.5. The molecular formula is C16H14ClNO4. The molecule has 0 aliphatic carbocycles. The van der Waals surface area contributed by atoms with E-state index in [0.29, 0.717) is 28.0 Å². The highest BCUT2D eigenvalue weighted by atomic mass is 35.5. The first-order valence-electron chi connectivity index (χ1n) is 6.75. The van der Waals surface area contributed by atoms with Crippen molar-refractivity contribution in [2.45, 2.75) is 13.0 Å². The number of hydrogen-bond acceptors (Lipinski definition) is 4. The Bertz CT molecular complexity index is 690. The summed E-state index contributed by atoms with van der Waals surface area (Å²) in [6.45, 7) is 1.82. The molecule has 0 radical (unpaired) electrons. The number of para-hydroxylation sites is 1. The molecule has 1 aliphatic heterocycles. The molecule has 2 aromatic rings. The minimum absolute atomic E-state index is 0.149. The second-order valence-electron chi connectivity index (χ2n) is 4.75.